The number of rotatable bonds is 2. The van der Waals surface area contributed by atoms with Crippen molar-refractivity contribution in [3.8, 4) is 0 Å². The van der Waals surface area contributed by atoms with Crippen LogP contribution in [0.5, 0.6) is 0 Å². The fourth-order valence-electron chi connectivity index (χ4n) is 2.95. The molecule has 1 aliphatic heterocycles. The molecule has 1 saturated heterocycles. The van der Waals surface area contributed by atoms with Crippen molar-refractivity contribution >= 4 is 0 Å². The standard InChI is InChI=1S/C12H24N2/c1-10-5-6-12(10)14-7-3-2-4-11(8-13)9-14/h10-12H,2-9,13H2,1H3. The molecule has 2 heteroatoms. The van der Waals surface area contributed by atoms with E-state index < -0.39 is 0 Å². The lowest BCUT2D eigenvalue weighted by Gasteiger charge is -2.43. The van der Waals surface area contributed by atoms with Crippen LogP contribution in [0.15, 0.2) is 0 Å². The largest absolute Gasteiger partial charge is 0.330 e. The van der Waals surface area contributed by atoms with Crippen LogP contribution in [0.2, 0.25) is 0 Å². The monoisotopic (exact) mass is 196 g/mol. The van der Waals surface area contributed by atoms with E-state index in [-0.39, 0.29) is 0 Å². The highest BCUT2D eigenvalue weighted by Gasteiger charge is 2.33. The van der Waals surface area contributed by atoms with Crippen molar-refractivity contribution in [2.75, 3.05) is 19.6 Å². The van der Waals surface area contributed by atoms with Crippen molar-refractivity contribution in [1.29, 1.82) is 0 Å². The maximum absolute atomic E-state index is 5.80. The number of hydrogen-bond donors (Lipinski definition) is 1. The first kappa shape index (κ1) is 10.4. The summed E-state index contributed by atoms with van der Waals surface area (Å²) in [5.74, 6) is 1.71. The van der Waals surface area contributed by atoms with Gasteiger partial charge in [-0.2, -0.15) is 0 Å². The molecule has 0 amide bonds. The molecular weight excluding hydrogens is 172 g/mol. The molecule has 2 N–H and O–H groups in total. The average Bonchev–Trinajstić information content (AvgIpc) is 2.41. The summed E-state index contributed by atoms with van der Waals surface area (Å²) in [7, 11) is 0. The van der Waals surface area contributed by atoms with Gasteiger partial charge < -0.3 is 5.73 Å². The minimum absolute atomic E-state index is 0.769. The van der Waals surface area contributed by atoms with Gasteiger partial charge in [-0.05, 0) is 50.6 Å². The van der Waals surface area contributed by atoms with Crippen molar-refractivity contribution in [2.45, 2.75) is 45.1 Å². The van der Waals surface area contributed by atoms with E-state index in [1.54, 1.807) is 0 Å². The van der Waals surface area contributed by atoms with Gasteiger partial charge in [0.2, 0.25) is 0 Å². The van der Waals surface area contributed by atoms with Crippen LogP contribution in [0.25, 0.3) is 0 Å². The van der Waals surface area contributed by atoms with Crippen LogP contribution in [0.4, 0.5) is 0 Å². The number of likely N-dealkylation sites (tertiary alicyclic amines) is 1. The van der Waals surface area contributed by atoms with Crippen molar-refractivity contribution in [3.05, 3.63) is 0 Å². The van der Waals surface area contributed by atoms with Crippen molar-refractivity contribution < 1.29 is 0 Å². The summed E-state index contributed by atoms with van der Waals surface area (Å²) >= 11 is 0. The number of hydrogen-bond acceptors (Lipinski definition) is 2. The first-order valence-electron chi connectivity index (χ1n) is 6.25. The SMILES string of the molecule is CC1CCC1N1CCCCC(CN)C1. The van der Waals surface area contributed by atoms with E-state index in [0.29, 0.717) is 0 Å². The second-order valence-corrected chi connectivity index (χ2v) is 5.21. The molecule has 0 aromatic heterocycles. The number of nitrogens with two attached hydrogens (primary N) is 1. The quantitative estimate of drug-likeness (QED) is 0.730. The summed E-state index contributed by atoms with van der Waals surface area (Å²) in [6.07, 6.45) is 7.00. The topological polar surface area (TPSA) is 29.3 Å². The molecule has 2 nitrogen and oxygen atoms in total. The van der Waals surface area contributed by atoms with Gasteiger partial charge in [-0.25, -0.2) is 0 Å². The zero-order valence-electron chi connectivity index (χ0n) is 9.41. The van der Waals surface area contributed by atoms with Crippen LogP contribution in [0.3, 0.4) is 0 Å². The van der Waals surface area contributed by atoms with E-state index in [1.165, 1.54) is 45.2 Å². The highest BCUT2D eigenvalue weighted by Crippen LogP contribution is 2.33. The summed E-state index contributed by atoms with van der Waals surface area (Å²) in [6, 6.07) is 0.891. The van der Waals surface area contributed by atoms with Gasteiger partial charge in [0.15, 0.2) is 0 Å². The van der Waals surface area contributed by atoms with Crippen LogP contribution in [0, 0.1) is 11.8 Å². The Labute approximate surface area is 87.8 Å². The lowest BCUT2D eigenvalue weighted by atomic mass is 9.79. The van der Waals surface area contributed by atoms with Crippen molar-refractivity contribution in [3.63, 3.8) is 0 Å². The molecule has 0 spiro atoms. The second kappa shape index (κ2) is 4.63. The maximum Gasteiger partial charge on any atom is 0.0121 e. The first-order chi connectivity index (χ1) is 6.81. The Hall–Kier alpha value is -0.0800. The minimum atomic E-state index is 0.769. The second-order valence-electron chi connectivity index (χ2n) is 5.21. The lowest BCUT2D eigenvalue weighted by molar-refractivity contribution is 0.0653. The van der Waals surface area contributed by atoms with Gasteiger partial charge in [0.05, 0.1) is 0 Å². The fourth-order valence-corrected chi connectivity index (χ4v) is 2.95. The number of nitrogens with zero attached hydrogens (tertiary/aromatic N) is 1. The molecule has 0 bridgehead atoms. The molecule has 82 valence electrons. The molecule has 2 aliphatic rings. The highest BCUT2D eigenvalue weighted by molar-refractivity contribution is 4.88. The van der Waals surface area contributed by atoms with E-state index in [9.17, 15) is 0 Å². The Bertz CT molecular complexity index is 181. The molecule has 1 saturated carbocycles. The lowest BCUT2D eigenvalue weighted by Crippen LogP contribution is -2.48. The van der Waals surface area contributed by atoms with Gasteiger partial charge >= 0.3 is 0 Å². The molecular formula is C12H24N2. The van der Waals surface area contributed by atoms with E-state index in [4.69, 9.17) is 5.73 Å². The molecule has 1 heterocycles. The van der Waals surface area contributed by atoms with Gasteiger partial charge in [-0.1, -0.05) is 13.3 Å². The molecule has 0 radical (unpaired) electrons. The van der Waals surface area contributed by atoms with Gasteiger partial charge in [0.25, 0.3) is 0 Å². The molecule has 0 aromatic rings. The van der Waals surface area contributed by atoms with Gasteiger partial charge in [0.1, 0.15) is 0 Å². The Morgan fingerprint density at radius 2 is 2.07 bits per heavy atom. The molecule has 14 heavy (non-hydrogen) atoms. The minimum Gasteiger partial charge on any atom is -0.330 e. The maximum atomic E-state index is 5.80. The van der Waals surface area contributed by atoms with Crippen LogP contribution in [-0.2, 0) is 0 Å². The average molecular weight is 196 g/mol. The highest BCUT2D eigenvalue weighted by atomic mass is 15.2. The normalized spacial score (nSPS) is 40.3. The van der Waals surface area contributed by atoms with E-state index >= 15 is 0 Å². The third-order valence-electron chi connectivity index (χ3n) is 4.18. The zero-order valence-corrected chi connectivity index (χ0v) is 9.41. The third kappa shape index (κ3) is 2.12. The Balaban J connectivity index is 1.89. The Morgan fingerprint density at radius 3 is 2.64 bits per heavy atom. The van der Waals surface area contributed by atoms with Crippen LogP contribution in [-0.4, -0.2) is 30.6 Å². The van der Waals surface area contributed by atoms with Crippen molar-refractivity contribution in [1.82, 2.24) is 4.90 Å². The summed E-state index contributed by atoms with van der Waals surface area (Å²) in [5.41, 5.74) is 5.80. The zero-order chi connectivity index (χ0) is 9.97. The summed E-state index contributed by atoms with van der Waals surface area (Å²) in [6.45, 7) is 5.88. The fraction of sp³-hybridized carbons (Fsp3) is 1.00. The molecule has 2 fully saturated rings. The summed E-state index contributed by atoms with van der Waals surface area (Å²) < 4.78 is 0. The van der Waals surface area contributed by atoms with Gasteiger partial charge in [-0.3, -0.25) is 4.90 Å². The third-order valence-corrected chi connectivity index (χ3v) is 4.18. The molecule has 1 aliphatic carbocycles. The van der Waals surface area contributed by atoms with E-state index in [1.807, 2.05) is 0 Å². The Kier molecular flexibility index (Phi) is 3.45. The Morgan fingerprint density at radius 1 is 1.21 bits per heavy atom. The first-order valence-corrected chi connectivity index (χ1v) is 6.25. The molecule has 3 unspecified atom stereocenters. The van der Waals surface area contributed by atoms with E-state index in [2.05, 4.69) is 11.8 Å². The van der Waals surface area contributed by atoms with Crippen molar-refractivity contribution in [2.24, 2.45) is 17.6 Å². The molecule has 0 aromatic carbocycles. The summed E-state index contributed by atoms with van der Waals surface area (Å²) in [5, 5.41) is 0. The smallest absolute Gasteiger partial charge is 0.0121 e. The van der Waals surface area contributed by atoms with Crippen LogP contribution in [0.1, 0.15) is 39.0 Å². The van der Waals surface area contributed by atoms with Crippen LogP contribution < -0.4 is 5.73 Å². The molecule has 3 atom stereocenters. The summed E-state index contributed by atoms with van der Waals surface area (Å²) in [4.78, 5) is 2.72. The predicted octanol–water partition coefficient (Wildman–Crippen LogP) is 1.85. The van der Waals surface area contributed by atoms with E-state index in [0.717, 1.165) is 24.4 Å². The van der Waals surface area contributed by atoms with Gasteiger partial charge in [0, 0.05) is 12.6 Å². The molecule has 2 rings (SSSR count). The van der Waals surface area contributed by atoms with Crippen LogP contribution >= 0.6 is 0 Å². The van der Waals surface area contributed by atoms with Gasteiger partial charge in [-0.15, -0.1) is 0 Å². The predicted molar refractivity (Wildman–Crippen MR) is 60.2 cm³/mol.